The van der Waals surface area contributed by atoms with E-state index in [1.165, 1.54) is 5.70 Å². The zero-order valence-electron chi connectivity index (χ0n) is 6.20. The molecule has 2 aliphatic heterocycles. The average molecular weight is 143 g/mol. The van der Waals surface area contributed by atoms with Gasteiger partial charge in [0, 0.05) is 11.9 Å². The Labute approximate surface area is 66.7 Å². The van der Waals surface area contributed by atoms with E-state index in [-0.39, 0.29) is 6.04 Å². The second-order valence-electron chi connectivity index (χ2n) is 2.66. The summed E-state index contributed by atoms with van der Waals surface area (Å²) in [6, 6.07) is 0.242. The van der Waals surface area contributed by atoms with Gasteiger partial charge in [0.25, 0.3) is 0 Å². The summed E-state index contributed by atoms with van der Waals surface area (Å²) in [6.45, 7) is 0. The van der Waals surface area contributed by atoms with Gasteiger partial charge in [-0.25, -0.2) is 0 Å². The summed E-state index contributed by atoms with van der Waals surface area (Å²) >= 11 is 0. The summed E-state index contributed by atoms with van der Waals surface area (Å²) < 4.78 is 0. The lowest BCUT2D eigenvalue weighted by Crippen LogP contribution is -2.23. The molecule has 0 aromatic rings. The first-order chi connectivity index (χ1) is 5.42. The summed E-state index contributed by atoms with van der Waals surface area (Å²) in [5.74, 6) is 2.75. The molecule has 0 spiro atoms. The van der Waals surface area contributed by atoms with Gasteiger partial charge < -0.3 is 4.90 Å². The van der Waals surface area contributed by atoms with Crippen molar-refractivity contribution < 1.29 is 0 Å². The van der Waals surface area contributed by atoms with Crippen LogP contribution in [0.3, 0.4) is 0 Å². The maximum absolute atomic E-state index is 5.36. The van der Waals surface area contributed by atoms with Gasteiger partial charge in [0.1, 0.15) is 0 Å². The van der Waals surface area contributed by atoms with Crippen LogP contribution < -0.4 is 0 Å². The van der Waals surface area contributed by atoms with Crippen LogP contribution >= 0.6 is 0 Å². The van der Waals surface area contributed by atoms with Gasteiger partial charge in [-0.15, -0.1) is 6.42 Å². The molecule has 0 bridgehead atoms. The molecule has 0 saturated heterocycles. The van der Waals surface area contributed by atoms with E-state index < -0.39 is 0 Å². The van der Waals surface area contributed by atoms with Crippen LogP contribution in [-0.4, -0.2) is 10.9 Å². The van der Waals surface area contributed by atoms with E-state index in [2.05, 4.69) is 23.0 Å². The van der Waals surface area contributed by atoms with Crippen molar-refractivity contribution in [3.05, 3.63) is 36.2 Å². The normalized spacial score (nSPS) is 26.3. The second kappa shape index (κ2) is 2.32. The highest BCUT2D eigenvalue weighted by Gasteiger charge is 2.21. The van der Waals surface area contributed by atoms with Gasteiger partial charge in [-0.3, -0.25) is 0 Å². The molecule has 1 heteroatoms. The molecule has 1 unspecified atom stereocenters. The number of nitrogens with zero attached hydrogens (tertiary/aromatic N) is 1. The van der Waals surface area contributed by atoms with Crippen molar-refractivity contribution >= 4 is 0 Å². The van der Waals surface area contributed by atoms with Crippen molar-refractivity contribution in [2.45, 2.75) is 12.5 Å². The Morgan fingerprint density at radius 3 is 3.27 bits per heavy atom. The van der Waals surface area contributed by atoms with Crippen molar-refractivity contribution in [1.82, 2.24) is 4.90 Å². The van der Waals surface area contributed by atoms with Gasteiger partial charge in [0.2, 0.25) is 0 Å². The van der Waals surface area contributed by atoms with Crippen LogP contribution in [0.25, 0.3) is 0 Å². The highest BCUT2D eigenvalue weighted by Crippen LogP contribution is 2.24. The van der Waals surface area contributed by atoms with Gasteiger partial charge in [-0.2, -0.15) is 0 Å². The Bertz CT molecular complexity index is 288. The molecule has 2 rings (SSSR count). The quantitative estimate of drug-likeness (QED) is 0.466. The maximum Gasteiger partial charge on any atom is 0.0979 e. The first-order valence-electron chi connectivity index (χ1n) is 3.71. The molecule has 0 aromatic carbocycles. The van der Waals surface area contributed by atoms with Crippen molar-refractivity contribution in [3.8, 4) is 12.3 Å². The van der Waals surface area contributed by atoms with Crippen LogP contribution in [0.1, 0.15) is 6.42 Å². The molecule has 2 heterocycles. The highest BCUT2D eigenvalue weighted by atomic mass is 15.2. The average Bonchev–Trinajstić information content (AvgIpc) is 2.47. The van der Waals surface area contributed by atoms with Gasteiger partial charge >= 0.3 is 0 Å². The first-order valence-corrected chi connectivity index (χ1v) is 3.71. The summed E-state index contributed by atoms with van der Waals surface area (Å²) in [7, 11) is 0. The SMILES string of the molecule is C#CC1CC=C2C=CC=CN21. The fourth-order valence-corrected chi connectivity index (χ4v) is 1.42. The van der Waals surface area contributed by atoms with Crippen LogP contribution in [-0.2, 0) is 0 Å². The topological polar surface area (TPSA) is 3.24 Å². The molecule has 0 radical (unpaired) electrons. The fourth-order valence-electron chi connectivity index (χ4n) is 1.42. The third-order valence-electron chi connectivity index (χ3n) is 2.00. The van der Waals surface area contributed by atoms with Crippen molar-refractivity contribution in [3.63, 3.8) is 0 Å². The number of hydrogen-bond acceptors (Lipinski definition) is 1. The third-order valence-corrected chi connectivity index (χ3v) is 2.00. The van der Waals surface area contributed by atoms with Gasteiger partial charge in [0.15, 0.2) is 0 Å². The van der Waals surface area contributed by atoms with Gasteiger partial charge in [-0.05, 0) is 18.6 Å². The van der Waals surface area contributed by atoms with Crippen LogP contribution in [0.2, 0.25) is 0 Å². The van der Waals surface area contributed by atoms with Crippen LogP contribution in [0.5, 0.6) is 0 Å². The molecule has 0 amide bonds. The van der Waals surface area contributed by atoms with Crippen LogP contribution in [0.4, 0.5) is 0 Å². The first kappa shape index (κ1) is 6.30. The number of hydrogen-bond donors (Lipinski definition) is 0. The molecule has 0 aliphatic carbocycles. The number of terminal acetylenes is 1. The van der Waals surface area contributed by atoms with E-state index >= 15 is 0 Å². The van der Waals surface area contributed by atoms with E-state index in [4.69, 9.17) is 6.42 Å². The monoisotopic (exact) mass is 143 g/mol. The largest absolute Gasteiger partial charge is 0.334 e. The number of allylic oxidation sites excluding steroid dienone is 3. The molecular formula is C10H9N. The Morgan fingerprint density at radius 2 is 2.45 bits per heavy atom. The lowest BCUT2D eigenvalue weighted by atomic mass is 10.2. The van der Waals surface area contributed by atoms with E-state index in [0.717, 1.165) is 6.42 Å². The van der Waals surface area contributed by atoms with E-state index in [1.54, 1.807) is 0 Å². The van der Waals surface area contributed by atoms with Gasteiger partial charge in [-0.1, -0.05) is 18.1 Å². The lowest BCUT2D eigenvalue weighted by molar-refractivity contribution is 0.450. The van der Waals surface area contributed by atoms with E-state index in [9.17, 15) is 0 Å². The molecule has 11 heavy (non-hydrogen) atoms. The Balaban J connectivity index is 2.29. The van der Waals surface area contributed by atoms with E-state index in [0.29, 0.717) is 0 Å². The fraction of sp³-hybridized carbons (Fsp3) is 0.200. The van der Waals surface area contributed by atoms with Crippen LogP contribution in [0.15, 0.2) is 36.2 Å². The highest BCUT2D eigenvalue weighted by molar-refractivity contribution is 5.34. The zero-order valence-corrected chi connectivity index (χ0v) is 6.20. The second-order valence-corrected chi connectivity index (χ2v) is 2.66. The molecular weight excluding hydrogens is 134 g/mol. The third kappa shape index (κ3) is 0.877. The summed E-state index contributed by atoms with van der Waals surface area (Å²) in [5.41, 5.74) is 1.23. The predicted molar refractivity (Wildman–Crippen MR) is 45.4 cm³/mol. The molecule has 54 valence electrons. The molecule has 0 N–H and O–H groups in total. The maximum atomic E-state index is 5.36. The van der Waals surface area contributed by atoms with Gasteiger partial charge in [0.05, 0.1) is 6.04 Å². The Hall–Kier alpha value is -1.42. The van der Waals surface area contributed by atoms with Crippen molar-refractivity contribution in [2.75, 3.05) is 0 Å². The standard InChI is InChI=1S/C10H9N/c1-2-9-6-7-10-5-3-4-8-11(9)10/h1,3-5,7-9H,6H2. The number of fused-ring (bicyclic) bond motifs is 1. The Kier molecular flexibility index (Phi) is 1.33. The van der Waals surface area contributed by atoms with Crippen LogP contribution in [0, 0.1) is 12.3 Å². The van der Waals surface area contributed by atoms with Crippen molar-refractivity contribution in [2.24, 2.45) is 0 Å². The number of rotatable bonds is 0. The molecule has 1 nitrogen and oxygen atoms in total. The summed E-state index contributed by atoms with van der Waals surface area (Å²) in [4.78, 5) is 2.12. The minimum Gasteiger partial charge on any atom is -0.334 e. The zero-order chi connectivity index (χ0) is 7.68. The molecule has 1 atom stereocenters. The summed E-state index contributed by atoms with van der Waals surface area (Å²) in [5, 5.41) is 0. The lowest BCUT2D eigenvalue weighted by Gasteiger charge is -2.22. The van der Waals surface area contributed by atoms with Crippen molar-refractivity contribution in [1.29, 1.82) is 0 Å². The predicted octanol–water partition coefficient (Wildman–Crippen LogP) is 1.66. The van der Waals surface area contributed by atoms with E-state index in [1.807, 2.05) is 18.4 Å². The summed E-state index contributed by atoms with van der Waals surface area (Å²) in [6.07, 6.45) is 16.6. The molecule has 0 saturated carbocycles. The Morgan fingerprint density at radius 1 is 1.55 bits per heavy atom. The smallest absolute Gasteiger partial charge is 0.0979 e. The molecule has 2 aliphatic rings. The molecule has 0 fully saturated rings. The molecule has 0 aromatic heterocycles. The minimum absolute atomic E-state index is 0.242. The minimum atomic E-state index is 0.242.